The summed E-state index contributed by atoms with van der Waals surface area (Å²) in [5.74, 6) is 2.01. The average molecular weight is 527 g/mol. The Bertz CT molecular complexity index is 1780. The van der Waals surface area contributed by atoms with Crippen LogP contribution in [0.5, 0.6) is 11.5 Å². The number of rotatable bonds is 5. The van der Waals surface area contributed by atoms with Gasteiger partial charge in [0, 0.05) is 32.7 Å². The number of fused-ring (bicyclic) bond motifs is 3. The minimum atomic E-state index is -0.309. The molecule has 12 nitrogen and oxygen atoms in total. The Morgan fingerprint density at radius 3 is 2.79 bits per heavy atom. The Morgan fingerprint density at radius 1 is 1.10 bits per heavy atom. The summed E-state index contributed by atoms with van der Waals surface area (Å²) < 4.78 is 14.3. The summed E-state index contributed by atoms with van der Waals surface area (Å²) in [5, 5.41) is 2.93. The molecule has 198 valence electrons. The Kier molecular flexibility index (Phi) is 5.46. The van der Waals surface area contributed by atoms with Crippen LogP contribution in [0.2, 0.25) is 0 Å². The average Bonchev–Trinajstić information content (AvgIpc) is 3.66. The van der Waals surface area contributed by atoms with E-state index in [2.05, 4.69) is 30.2 Å². The second-order valence-electron chi connectivity index (χ2n) is 9.77. The van der Waals surface area contributed by atoms with Gasteiger partial charge in [-0.05, 0) is 42.7 Å². The summed E-state index contributed by atoms with van der Waals surface area (Å²) in [5.41, 5.74) is 3.75. The summed E-state index contributed by atoms with van der Waals surface area (Å²) in [7, 11) is 1.78. The third kappa shape index (κ3) is 3.95. The Morgan fingerprint density at radius 2 is 1.92 bits per heavy atom. The number of carbonyl (C=O) groups excluding carboxylic acids is 1. The minimum absolute atomic E-state index is 0.0831. The van der Waals surface area contributed by atoms with Crippen LogP contribution in [0, 0.1) is 0 Å². The first-order chi connectivity index (χ1) is 19.1. The van der Waals surface area contributed by atoms with E-state index in [9.17, 15) is 9.59 Å². The number of imidazole rings is 2. The highest BCUT2D eigenvalue weighted by Crippen LogP contribution is 2.33. The molecule has 0 unspecified atom stereocenters. The smallest absolute Gasteiger partial charge is 0.326 e. The van der Waals surface area contributed by atoms with E-state index in [0.717, 1.165) is 29.4 Å². The number of para-hydroxylation sites is 2. The first-order valence-electron chi connectivity index (χ1n) is 12.8. The SMILES string of the molecule is Cn1c(C(=O)NCc2ccc3c(c2)OCO3)nc2c(N3CCC(n4c(=O)[nH]c5ccccc54)CC3)ncnc21. The molecule has 0 aliphatic carbocycles. The van der Waals surface area contributed by atoms with Gasteiger partial charge in [0.25, 0.3) is 5.91 Å². The van der Waals surface area contributed by atoms with E-state index >= 15 is 0 Å². The van der Waals surface area contributed by atoms with Crippen LogP contribution in [0.1, 0.15) is 35.1 Å². The summed E-state index contributed by atoms with van der Waals surface area (Å²) in [6.07, 6.45) is 3.07. The predicted octanol–water partition coefficient (Wildman–Crippen LogP) is 2.51. The highest BCUT2D eigenvalue weighted by Gasteiger charge is 2.27. The number of ether oxygens (including phenoxy) is 2. The zero-order chi connectivity index (χ0) is 26.5. The minimum Gasteiger partial charge on any atom is -0.454 e. The molecule has 2 aliphatic heterocycles. The number of anilines is 1. The topological polar surface area (TPSA) is 132 Å². The maximum atomic E-state index is 13.1. The van der Waals surface area contributed by atoms with Gasteiger partial charge in [-0.25, -0.2) is 19.7 Å². The summed E-state index contributed by atoms with van der Waals surface area (Å²) >= 11 is 0. The van der Waals surface area contributed by atoms with Crippen LogP contribution in [0.25, 0.3) is 22.2 Å². The van der Waals surface area contributed by atoms with E-state index in [1.54, 1.807) is 11.6 Å². The number of nitrogens with zero attached hydrogens (tertiary/aromatic N) is 6. The molecular formula is C27H26N8O4. The highest BCUT2D eigenvalue weighted by atomic mass is 16.7. The van der Waals surface area contributed by atoms with Crippen LogP contribution >= 0.6 is 0 Å². The lowest BCUT2D eigenvalue weighted by molar-refractivity contribution is 0.0937. The first-order valence-corrected chi connectivity index (χ1v) is 12.8. The van der Waals surface area contributed by atoms with Crippen molar-refractivity contribution in [3.8, 4) is 11.5 Å². The third-order valence-corrected chi connectivity index (χ3v) is 7.48. The highest BCUT2D eigenvalue weighted by molar-refractivity contribution is 5.96. The van der Waals surface area contributed by atoms with Gasteiger partial charge in [-0.15, -0.1) is 0 Å². The molecule has 2 N–H and O–H groups in total. The van der Waals surface area contributed by atoms with Crippen LogP contribution in [-0.2, 0) is 13.6 Å². The third-order valence-electron chi connectivity index (χ3n) is 7.48. The van der Waals surface area contributed by atoms with Crippen molar-refractivity contribution in [2.45, 2.75) is 25.4 Å². The molecule has 3 aromatic heterocycles. The fourth-order valence-corrected chi connectivity index (χ4v) is 5.51. The van der Waals surface area contributed by atoms with Gasteiger partial charge in [-0.3, -0.25) is 9.36 Å². The van der Waals surface area contributed by atoms with Crippen molar-refractivity contribution in [2.75, 3.05) is 24.8 Å². The van der Waals surface area contributed by atoms with Crippen LogP contribution in [0.4, 0.5) is 5.82 Å². The lowest BCUT2D eigenvalue weighted by Crippen LogP contribution is -2.37. The van der Waals surface area contributed by atoms with Crippen molar-refractivity contribution in [3.05, 3.63) is 70.7 Å². The van der Waals surface area contributed by atoms with Gasteiger partial charge >= 0.3 is 5.69 Å². The number of hydrogen-bond donors (Lipinski definition) is 2. The van der Waals surface area contributed by atoms with E-state index in [1.807, 2.05) is 47.0 Å². The van der Waals surface area contributed by atoms with Crippen LogP contribution in [0.15, 0.2) is 53.6 Å². The second kappa shape index (κ2) is 9.15. The van der Waals surface area contributed by atoms with Crippen molar-refractivity contribution >= 4 is 33.9 Å². The molecule has 1 fully saturated rings. The van der Waals surface area contributed by atoms with Crippen molar-refractivity contribution < 1.29 is 14.3 Å². The standard InChI is InChI=1S/C27H26N8O4/c1-33-23-22(32-25(33)26(36)28-13-16-6-7-20-21(12-16)39-15-38-20)24(30-14-29-23)34-10-8-17(9-11-34)35-19-5-3-2-4-18(19)31-27(35)37/h2-7,12,14,17H,8-11,13,15H2,1H3,(H,28,36)(H,31,37). The van der Waals surface area contributed by atoms with Crippen LogP contribution < -0.4 is 25.4 Å². The Hall–Kier alpha value is -4.87. The molecule has 0 atom stereocenters. The van der Waals surface area contributed by atoms with E-state index in [0.29, 0.717) is 48.1 Å². The molecule has 5 heterocycles. The lowest BCUT2D eigenvalue weighted by atomic mass is 10.0. The van der Waals surface area contributed by atoms with Gasteiger partial charge in [0.05, 0.1) is 11.0 Å². The van der Waals surface area contributed by atoms with Crippen molar-refractivity contribution in [1.82, 2.24) is 34.4 Å². The molecule has 1 amide bonds. The molecule has 2 aromatic carbocycles. The molecule has 2 aliphatic rings. The van der Waals surface area contributed by atoms with Gasteiger partial charge in [-0.1, -0.05) is 18.2 Å². The molecule has 12 heteroatoms. The molecule has 0 saturated carbocycles. The van der Waals surface area contributed by atoms with Crippen molar-refractivity contribution in [2.24, 2.45) is 7.05 Å². The van der Waals surface area contributed by atoms with Gasteiger partial charge in [0.2, 0.25) is 12.6 Å². The zero-order valence-corrected chi connectivity index (χ0v) is 21.3. The van der Waals surface area contributed by atoms with E-state index in [-0.39, 0.29) is 30.3 Å². The second-order valence-corrected chi connectivity index (χ2v) is 9.77. The largest absolute Gasteiger partial charge is 0.454 e. The molecule has 39 heavy (non-hydrogen) atoms. The van der Waals surface area contributed by atoms with Gasteiger partial charge in [0.15, 0.2) is 28.5 Å². The summed E-state index contributed by atoms with van der Waals surface area (Å²) in [6, 6.07) is 13.4. The number of aryl methyl sites for hydroxylation is 1. The molecule has 0 spiro atoms. The maximum Gasteiger partial charge on any atom is 0.326 e. The summed E-state index contributed by atoms with van der Waals surface area (Å²) in [4.78, 5) is 44.5. The Labute approximate surface area is 222 Å². The number of H-pyrrole nitrogens is 1. The van der Waals surface area contributed by atoms with E-state index in [1.165, 1.54) is 6.33 Å². The van der Waals surface area contributed by atoms with Gasteiger partial charge in [-0.2, -0.15) is 0 Å². The normalized spacial score (nSPS) is 15.4. The number of hydrogen-bond acceptors (Lipinski definition) is 8. The number of benzene rings is 2. The molecule has 0 bridgehead atoms. The number of piperidine rings is 1. The van der Waals surface area contributed by atoms with Crippen LogP contribution in [-0.4, -0.2) is 54.9 Å². The summed E-state index contributed by atoms with van der Waals surface area (Å²) in [6.45, 7) is 1.92. The number of amides is 1. The van der Waals surface area contributed by atoms with E-state index in [4.69, 9.17) is 9.47 Å². The zero-order valence-electron chi connectivity index (χ0n) is 21.3. The number of nitrogens with one attached hydrogen (secondary N) is 2. The molecule has 0 radical (unpaired) electrons. The molecule has 7 rings (SSSR count). The molecule has 5 aromatic rings. The maximum absolute atomic E-state index is 13.1. The number of aromatic amines is 1. The van der Waals surface area contributed by atoms with Crippen LogP contribution in [0.3, 0.4) is 0 Å². The number of aromatic nitrogens is 6. The predicted molar refractivity (Wildman–Crippen MR) is 143 cm³/mol. The first kappa shape index (κ1) is 23.3. The number of carbonyl (C=O) groups is 1. The van der Waals surface area contributed by atoms with Gasteiger partial charge in [0.1, 0.15) is 6.33 Å². The van der Waals surface area contributed by atoms with Gasteiger partial charge < -0.3 is 29.2 Å². The monoisotopic (exact) mass is 526 g/mol. The fraction of sp³-hybridized carbons (Fsp3) is 0.296. The Balaban J connectivity index is 1.09. The quantitative estimate of drug-likeness (QED) is 0.357. The van der Waals surface area contributed by atoms with Crippen molar-refractivity contribution in [3.63, 3.8) is 0 Å². The van der Waals surface area contributed by atoms with E-state index < -0.39 is 0 Å². The fourth-order valence-electron chi connectivity index (χ4n) is 5.51. The molecular weight excluding hydrogens is 500 g/mol. The van der Waals surface area contributed by atoms with Crippen molar-refractivity contribution in [1.29, 1.82) is 0 Å². The lowest BCUT2D eigenvalue weighted by Gasteiger charge is -2.33. The molecule has 1 saturated heterocycles.